The van der Waals surface area contributed by atoms with Gasteiger partial charge < -0.3 is 9.84 Å². The van der Waals surface area contributed by atoms with Crippen molar-refractivity contribution >= 4 is 11.0 Å². The van der Waals surface area contributed by atoms with E-state index in [2.05, 4.69) is 15.1 Å². The lowest BCUT2D eigenvalue weighted by Crippen LogP contribution is -1.93. The Labute approximate surface area is 156 Å². The molecule has 3 aromatic heterocycles. The molecular formula is C20H19N5O2. The van der Waals surface area contributed by atoms with Crippen molar-refractivity contribution in [1.29, 1.82) is 0 Å². The number of nitrogens with zero attached hydrogens (tertiary/aromatic N) is 5. The van der Waals surface area contributed by atoms with Crippen LogP contribution in [0.3, 0.4) is 0 Å². The average molecular weight is 361 g/mol. The van der Waals surface area contributed by atoms with Crippen molar-refractivity contribution in [3.05, 3.63) is 48.0 Å². The summed E-state index contributed by atoms with van der Waals surface area (Å²) in [7, 11) is 3.41. The zero-order valence-corrected chi connectivity index (χ0v) is 15.6. The first-order valence-corrected chi connectivity index (χ1v) is 8.48. The summed E-state index contributed by atoms with van der Waals surface area (Å²) < 4.78 is 7.04. The fourth-order valence-electron chi connectivity index (χ4n) is 3.06. The number of methoxy groups -OCH3 is 1. The summed E-state index contributed by atoms with van der Waals surface area (Å²) in [6.07, 6.45) is 3.51. The van der Waals surface area contributed by atoms with Crippen LogP contribution < -0.4 is 4.74 Å². The number of phenols is 1. The SMILES string of the molecule is COc1cc(-c2cc(-c3cnc(C)cn3)c3c(C)n(C)nc3n2)ccc1O. The van der Waals surface area contributed by atoms with Gasteiger partial charge in [0.25, 0.3) is 0 Å². The maximum absolute atomic E-state index is 9.87. The minimum atomic E-state index is 0.0839. The van der Waals surface area contributed by atoms with Crippen molar-refractivity contribution in [1.82, 2.24) is 24.7 Å². The summed E-state index contributed by atoms with van der Waals surface area (Å²) in [5, 5.41) is 15.4. The van der Waals surface area contributed by atoms with Crippen LogP contribution in [-0.4, -0.2) is 36.9 Å². The molecule has 136 valence electrons. The van der Waals surface area contributed by atoms with Gasteiger partial charge in [-0.3, -0.25) is 14.6 Å². The third-order valence-electron chi connectivity index (χ3n) is 4.62. The third-order valence-corrected chi connectivity index (χ3v) is 4.62. The lowest BCUT2D eigenvalue weighted by molar-refractivity contribution is 0.373. The van der Waals surface area contributed by atoms with E-state index in [9.17, 15) is 5.11 Å². The summed E-state index contributed by atoms with van der Waals surface area (Å²) in [6, 6.07) is 7.12. The van der Waals surface area contributed by atoms with Crippen molar-refractivity contribution in [2.24, 2.45) is 7.05 Å². The fourth-order valence-corrected chi connectivity index (χ4v) is 3.06. The minimum Gasteiger partial charge on any atom is -0.504 e. The molecule has 0 saturated carbocycles. The Balaban J connectivity index is 2.00. The molecule has 0 aliphatic rings. The molecule has 7 nitrogen and oxygen atoms in total. The second kappa shape index (κ2) is 6.35. The molecule has 1 N–H and O–H groups in total. The molecule has 0 aliphatic carbocycles. The zero-order chi connectivity index (χ0) is 19.1. The number of pyridine rings is 1. The standard InChI is InChI=1S/C20H19N5O2/c1-11-9-22-16(10-21-11)14-8-15(13-5-6-17(26)18(7-13)27-4)23-20-19(14)12(2)25(3)24-20/h5-10,26H,1-4H3. The molecule has 0 bridgehead atoms. The van der Waals surface area contributed by atoms with Gasteiger partial charge in [0.1, 0.15) is 0 Å². The molecule has 0 amide bonds. The maximum atomic E-state index is 9.87. The van der Waals surface area contributed by atoms with Crippen LogP contribution >= 0.6 is 0 Å². The average Bonchev–Trinajstić information content (AvgIpc) is 2.96. The van der Waals surface area contributed by atoms with Gasteiger partial charge in [0, 0.05) is 30.1 Å². The molecule has 0 fully saturated rings. The number of hydrogen-bond donors (Lipinski definition) is 1. The van der Waals surface area contributed by atoms with Crippen molar-refractivity contribution in [3.63, 3.8) is 0 Å². The molecule has 1 aromatic carbocycles. The van der Waals surface area contributed by atoms with Crippen LogP contribution in [0, 0.1) is 13.8 Å². The van der Waals surface area contributed by atoms with Crippen LogP contribution in [0.2, 0.25) is 0 Å². The van der Waals surface area contributed by atoms with Crippen LogP contribution in [0.4, 0.5) is 0 Å². The molecule has 3 heterocycles. The fraction of sp³-hybridized carbons (Fsp3) is 0.200. The molecule has 0 radical (unpaired) electrons. The maximum Gasteiger partial charge on any atom is 0.182 e. The molecule has 0 unspecified atom stereocenters. The van der Waals surface area contributed by atoms with Gasteiger partial charge in [-0.25, -0.2) is 4.98 Å². The van der Waals surface area contributed by atoms with E-state index in [4.69, 9.17) is 9.72 Å². The quantitative estimate of drug-likeness (QED) is 0.602. The number of aryl methyl sites for hydroxylation is 3. The molecule has 0 spiro atoms. The Bertz CT molecular complexity index is 1150. The number of aromatic hydroxyl groups is 1. The monoisotopic (exact) mass is 361 g/mol. The number of rotatable bonds is 3. The first kappa shape index (κ1) is 17.0. The summed E-state index contributed by atoms with van der Waals surface area (Å²) in [5.74, 6) is 0.476. The molecule has 0 aliphatic heterocycles. The van der Waals surface area contributed by atoms with Crippen LogP contribution in [0.25, 0.3) is 33.5 Å². The Morgan fingerprint density at radius 3 is 2.56 bits per heavy atom. The Morgan fingerprint density at radius 1 is 1.04 bits per heavy atom. The molecule has 7 heteroatoms. The van der Waals surface area contributed by atoms with Gasteiger partial charge in [-0.2, -0.15) is 5.10 Å². The van der Waals surface area contributed by atoms with E-state index in [1.807, 2.05) is 31.6 Å². The van der Waals surface area contributed by atoms with E-state index < -0.39 is 0 Å². The van der Waals surface area contributed by atoms with Gasteiger partial charge >= 0.3 is 0 Å². The smallest absolute Gasteiger partial charge is 0.182 e. The largest absolute Gasteiger partial charge is 0.504 e. The summed E-state index contributed by atoms with van der Waals surface area (Å²) in [6.45, 7) is 3.91. The van der Waals surface area contributed by atoms with Crippen molar-refractivity contribution < 1.29 is 9.84 Å². The molecule has 0 saturated heterocycles. The van der Waals surface area contributed by atoms with Gasteiger partial charge in [-0.15, -0.1) is 0 Å². The summed E-state index contributed by atoms with van der Waals surface area (Å²) >= 11 is 0. The van der Waals surface area contributed by atoms with Crippen LogP contribution in [0.15, 0.2) is 36.7 Å². The normalized spacial score (nSPS) is 11.1. The van der Waals surface area contributed by atoms with Crippen LogP contribution in [0.5, 0.6) is 11.5 Å². The first-order chi connectivity index (χ1) is 13.0. The van der Waals surface area contributed by atoms with Gasteiger partial charge in [0.05, 0.1) is 35.8 Å². The highest BCUT2D eigenvalue weighted by Gasteiger charge is 2.17. The predicted octanol–water partition coefficient (Wildman–Crippen LogP) is 3.42. The van der Waals surface area contributed by atoms with Crippen molar-refractivity contribution in [3.8, 4) is 34.0 Å². The van der Waals surface area contributed by atoms with Gasteiger partial charge in [-0.1, -0.05) is 0 Å². The van der Waals surface area contributed by atoms with Crippen molar-refractivity contribution in [2.45, 2.75) is 13.8 Å². The van der Waals surface area contributed by atoms with E-state index in [1.165, 1.54) is 7.11 Å². The lowest BCUT2D eigenvalue weighted by atomic mass is 10.0. The highest BCUT2D eigenvalue weighted by atomic mass is 16.5. The minimum absolute atomic E-state index is 0.0839. The van der Waals surface area contributed by atoms with Gasteiger partial charge in [-0.05, 0) is 38.1 Å². The number of fused-ring (bicyclic) bond motifs is 1. The van der Waals surface area contributed by atoms with E-state index in [0.29, 0.717) is 11.4 Å². The molecular weight excluding hydrogens is 342 g/mol. The topological polar surface area (TPSA) is 86.0 Å². The second-order valence-corrected chi connectivity index (χ2v) is 6.39. The Hall–Kier alpha value is -3.48. The van der Waals surface area contributed by atoms with E-state index in [-0.39, 0.29) is 5.75 Å². The van der Waals surface area contributed by atoms with Gasteiger partial charge in [0.15, 0.2) is 17.1 Å². The summed E-state index contributed by atoms with van der Waals surface area (Å²) in [4.78, 5) is 13.6. The van der Waals surface area contributed by atoms with Gasteiger partial charge in [0.2, 0.25) is 0 Å². The third kappa shape index (κ3) is 2.87. The number of hydrogen-bond acceptors (Lipinski definition) is 6. The first-order valence-electron chi connectivity index (χ1n) is 8.48. The molecule has 27 heavy (non-hydrogen) atoms. The Kier molecular flexibility index (Phi) is 3.99. The zero-order valence-electron chi connectivity index (χ0n) is 15.6. The number of phenolic OH excluding ortho intramolecular Hbond substituents is 1. The van der Waals surface area contributed by atoms with E-state index >= 15 is 0 Å². The number of benzene rings is 1. The summed E-state index contributed by atoms with van der Waals surface area (Å²) in [5.41, 5.74) is 5.71. The lowest BCUT2D eigenvalue weighted by Gasteiger charge is -2.09. The van der Waals surface area contributed by atoms with Crippen LogP contribution in [0.1, 0.15) is 11.4 Å². The molecule has 4 aromatic rings. The number of aromatic nitrogens is 5. The molecule has 4 rings (SSSR count). The highest BCUT2D eigenvalue weighted by Crippen LogP contribution is 2.35. The number of ether oxygens (including phenoxy) is 1. The van der Waals surface area contributed by atoms with Crippen LogP contribution in [-0.2, 0) is 7.05 Å². The second-order valence-electron chi connectivity index (χ2n) is 6.39. The Morgan fingerprint density at radius 2 is 1.85 bits per heavy atom. The van der Waals surface area contributed by atoms with Crippen molar-refractivity contribution in [2.75, 3.05) is 7.11 Å². The van der Waals surface area contributed by atoms with E-state index in [0.717, 1.165) is 39.3 Å². The predicted molar refractivity (Wildman–Crippen MR) is 103 cm³/mol. The van der Waals surface area contributed by atoms with E-state index in [1.54, 1.807) is 30.6 Å². The molecule has 0 atom stereocenters. The highest BCUT2D eigenvalue weighted by molar-refractivity contribution is 5.95.